The number of allylic oxidation sites excluding steroid dienone is 2. The fourth-order valence-corrected chi connectivity index (χ4v) is 5.25. The van der Waals surface area contributed by atoms with Gasteiger partial charge in [-0.05, 0) is 23.8 Å². The summed E-state index contributed by atoms with van der Waals surface area (Å²) in [4.78, 5) is 28.3. The minimum atomic E-state index is -0.926. The highest BCUT2D eigenvalue weighted by molar-refractivity contribution is 8.01. The van der Waals surface area contributed by atoms with Crippen molar-refractivity contribution in [2.75, 3.05) is 4.90 Å². The average molecular weight is 439 g/mol. The van der Waals surface area contributed by atoms with Crippen LogP contribution in [0.2, 0.25) is 15.1 Å². The number of hydrogen-bond acceptors (Lipinski definition) is 3. The molecule has 4 rings (SSSR count). The van der Waals surface area contributed by atoms with E-state index in [1.165, 1.54) is 6.07 Å². The van der Waals surface area contributed by atoms with Crippen molar-refractivity contribution in [1.29, 1.82) is 0 Å². The first kappa shape index (κ1) is 18.9. The van der Waals surface area contributed by atoms with Crippen LogP contribution in [0.25, 0.3) is 0 Å². The molecule has 2 heterocycles. The van der Waals surface area contributed by atoms with Crippen molar-refractivity contribution in [3.05, 3.63) is 68.8 Å². The summed E-state index contributed by atoms with van der Waals surface area (Å²) in [6.07, 6.45) is 1.57. The van der Waals surface area contributed by atoms with Gasteiger partial charge in [0.15, 0.2) is 11.0 Å². The Hall–Kier alpha value is -1.46. The number of rotatable bonds is 2. The van der Waals surface area contributed by atoms with E-state index in [4.69, 9.17) is 34.8 Å². The molecule has 1 atom stereocenters. The molecule has 0 N–H and O–H groups in total. The molecule has 138 valence electrons. The van der Waals surface area contributed by atoms with Crippen LogP contribution in [0, 0.1) is 0 Å². The van der Waals surface area contributed by atoms with Gasteiger partial charge in [0.2, 0.25) is 0 Å². The maximum atomic E-state index is 13.3. The second-order valence-electron chi connectivity index (χ2n) is 6.94. The largest absolute Gasteiger partial charge is 0.293 e. The molecule has 0 radical (unpaired) electrons. The van der Waals surface area contributed by atoms with Crippen LogP contribution in [0.15, 0.2) is 53.1 Å². The molecule has 3 nitrogen and oxygen atoms in total. The normalized spacial score (nSPS) is 20.4. The number of ketones is 1. The summed E-state index contributed by atoms with van der Waals surface area (Å²) < 4.78 is 0. The summed E-state index contributed by atoms with van der Waals surface area (Å²) >= 11 is 19.4. The molecule has 27 heavy (non-hydrogen) atoms. The molecule has 2 aromatic carbocycles. The number of carbonyl (C=O) groups excluding carboxylic acids is 2. The molecule has 0 fully saturated rings. The van der Waals surface area contributed by atoms with Crippen LogP contribution in [0.1, 0.15) is 19.4 Å². The standard InChI is InChI=1S/C20H14Cl3NO2S/c1-20(2)10-5-3-4-6-14(10)24-17(20)9-15(25)18(19(24)26)27-16-8-12(22)11(21)7-13(16)23/h3-9,18H,1-2H3. The van der Waals surface area contributed by atoms with E-state index >= 15 is 0 Å². The third-order valence-electron chi connectivity index (χ3n) is 4.90. The zero-order valence-corrected chi connectivity index (χ0v) is 17.5. The zero-order chi connectivity index (χ0) is 19.5. The number of nitrogens with zero attached hydrogens (tertiary/aromatic N) is 1. The van der Waals surface area contributed by atoms with E-state index in [1.54, 1.807) is 17.0 Å². The number of carbonyl (C=O) groups is 2. The molecule has 2 aromatic rings. The molecule has 0 bridgehead atoms. The third kappa shape index (κ3) is 2.90. The summed E-state index contributed by atoms with van der Waals surface area (Å²) in [6, 6.07) is 10.8. The van der Waals surface area contributed by atoms with Crippen LogP contribution in [0.3, 0.4) is 0 Å². The van der Waals surface area contributed by atoms with Crippen LogP contribution in [-0.2, 0) is 15.0 Å². The monoisotopic (exact) mass is 437 g/mol. The molecule has 1 unspecified atom stereocenters. The quantitative estimate of drug-likeness (QED) is 0.433. The molecular weight excluding hydrogens is 425 g/mol. The van der Waals surface area contributed by atoms with E-state index in [-0.39, 0.29) is 11.7 Å². The van der Waals surface area contributed by atoms with Crippen molar-refractivity contribution in [2.45, 2.75) is 29.4 Å². The summed E-state index contributed by atoms with van der Waals surface area (Å²) in [6.45, 7) is 4.03. The van der Waals surface area contributed by atoms with Crippen molar-refractivity contribution in [3.8, 4) is 0 Å². The molecule has 0 aromatic heterocycles. The number of para-hydroxylation sites is 1. The van der Waals surface area contributed by atoms with Crippen LogP contribution in [-0.4, -0.2) is 16.9 Å². The Labute approximate surface area is 176 Å². The Morgan fingerprint density at radius 3 is 2.41 bits per heavy atom. The van der Waals surface area contributed by atoms with Gasteiger partial charge in [-0.1, -0.05) is 66.8 Å². The van der Waals surface area contributed by atoms with E-state index in [0.717, 1.165) is 23.0 Å². The maximum Gasteiger partial charge on any atom is 0.252 e. The minimum Gasteiger partial charge on any atom is -0.293 e. The summed E-state index contributed by atoms with van der Waals surface area (Å²) in [5.74, 6) is -0.526. The molecule has 7 heteroatoms. The van der Waals surface area contributed by atoms with E-state index in [2.05, 4.69) is 0 Å². The summed E-state index contributed by atoms with van der Waals surface area (Å²) in [5.41, 5.74) is 2.13. The predicted molar refractivity (Wildman–Crippen MR) is 111 cm³/mol. The van der Waals surface area contributed by atoms with Gasteiger partial charge in [-0.3, -0.25) is 14.5 Å². The zero-order valence-electron chi connectivity index (χ0n) is 14.4. The van der Waals surface area contributed by atoms with E-state index in [1.807, 2.05) is 38.1 Å². The molecule has 0 aliphatic carbocycles. The van der Waals surface area contributed by atoms with Gasteiger partial charge in [0.1, 0.15) is 0 Å². The second-order valence-corrected chi connectivity index (χ2v) is 9.31. The number of benzene rings is 2. The molecule has 0 spiro atoms. The van der Waals surface area contributed by atoms with Crippen LogP contribution >= 0.6 is 46.6 Å². The van der Waals surface area contributed by atoms with Gasteiger partial charge in [0.25, 0.3) is 5.91 Å². The van der Waals surface area contributed by atoms with Gasteiger partial charge < -0.3 is 0 Å². The Bertz CT molecular complexity index is 1030. The SMILES string of the molecule is CC1(C)C2=CC(=O)C(Sc3cc(Cl)c(Cl)cc3Cl)C(=O)N2c2ccccc21. The van der Waals surface area contributed by atoms with Crippen LogP contribution in [0.4, 0.5) is 5.69 Å². The third-order valence-corrected chi connectivity index (χ3v) is 7.31. The Morgan fingerprint density at radius 1 is 1.00 bits per heavy atom. The Kier molecular flexibility index (Phi) is 4.59. The van der Waals surface area contributed by atoms with Crippen molar-refractivity contribution >= 4 is 63.9 Å². The van der Waals surface area contributed by atoms with Gasteiger partial charge in [0.05, 0.1) is 20.8 Å². The minimum absolute atomic E-state index is 0.251. The van der Waals surface area contributed by atoms with Crippen LogP contribution in [0.5, 0.6) is 0 Å². The topological polar surface area (TPSA) is 37.4 Å². The molecule has 0 saturated heterocycles. The number of amides is 1. The summed E-state index contributed by atoms with van der Waals surface area (Å²) in [7, 11) is 0. The first-order valence-electron chi connectivity index (χ1n) is 8.22. The molecule has 0 saturated carbocycles. The fourth-order valence-electron chi connectivity index (χ4n) is 3.51. The Balaban J connectivity index is 1.77. The van der Waals surface area contributed by atoms with Gasteiger partial charge >= 0.3 is 0 Å². The van der Waals surface area contributed by atoms with E-state index in [0.29, 0.717) is 25.7 Å². The molecule has 2 aliphatic rings. The first-order chi connectivity index (χ1) is 12.7. The lowest BCUT2D eigenvalue weighted by atomic mass is 9.83. The van der Waals surface area contributed by atoms with Gasteiger partial charge in [-0.15, -0.1) is 11.8 Å². The van der Waals surface area contributed by atoms with Crippen molar-refractivity contribution in [2.24, 2.45) is 0 Å². The average Bonchev–Trinajstić information content (AvgIpc) is 2.84. The number of anilines is 1. The molecular formula is C20H14Cl3NO2S. The fraction of sp³-hybridized carbons (Fsp3) is 0.200. The van der Waals surface area contributed by atoms with Crippen molar-refractivity contribution in [3.63, 3.8) is 0 Å². The smallest absolute Gasteiger partial charge is 0.252 e. The first-order valence-corrected chi connectivity index (χ1v) is 10.2. The van der Waals surface area contributed by atoms with Gasteiger partial charge in [-0.2, -0.15) is 0 Å². The van der Waals surface area contributed by atoms with E-state index in [9.17, 15) is 9.59 Å². The lowest BCUT2D eigenvalue weighted by molar-refractivity contribution is -0.124. The highest BCUT2D eigenvalue weighted by atomic mass is 35.5. The number of fused-ring (bicyclic) bond motifs is 3. The van der Waals surface area contributed by atoms with Crippen molar-refractivity contribution in [1.82, 2.24) is 0 Å². The lowest BCUT2D eigenvalue weighted by Crippen LogP contribution is -2.45. The number of hydrogen-bond donors (Lipinski definition) is 0. The summed E-state index contributed by atoms with van der Waals surface area (Å²) in [5, 5.41) is 0.0743. The number of thioether (sulfide) groups is 1. The highest BCUT2D eigenvalue weighted by Gasteiger charge is 2.49. The molecule has 2 aliphatic heterocycles. The van der Waals surface area contributed by atoms with Crippen LogP contribution < -0.4 is 4.90 Å². The lowest BCUT2D eigenvalue weighted by Gasteiger charge is -2.31. The number of halogens is 3. The van der Waals surface area contributed by atoms with Gasteiger partial charge in [-0.25, -0.2) is 0 Å². The predicted octanol–water partition coefficient (Wildman–Crippen LogP) is 5.90. The second kappa shape index (κ2) is 6.56. The Morgan fingerprint density at radius 2 is 1.67 bits per heavy atom. The molecule has 1 amide bonds. The van der Waals surface area contributed by atoms with Gasteiger partial charge in [0, 0.05) is 22.1 Å². The highest BCUT2D eigenvalue weighted by Crippen LogP contribution is 2.50. The van der Waals surface area contributed by atoms with E-state index < -0.39 is 10.7 Å². The van der Waals surface area contributed by atoms with Crippen molar-refractivity contribution < 1.29 is 9.59 Å². The maximum absolute atomic E-state index is 13.3.